The average molecular weight is 486 g/mol. The highest BCUT2D eigenvalue weighted by Crippen LogP contribution is 2.27. The second-order valence-electron chi connectivity index (χ2n) is 9.40. The fourth-order valence-corrected chi connectivity index (χ4v) is 4.35. The molecule has 2 aromatic heterocycles. The fraction of sp³-hybridized carbons (Fsp3) is 0.385. The number of nitriles is 1. The summed E-state index contributed by atoms with van der Waals surface area (Å²) in [5.74, 6) is 1.33. The number of hydrogen-bond acceptors (Lipinski definition) is 7. The number of rotatable bonds is 4. The molecule has 1 saturated heterocycles. The second kappa shape index (κ2) is 10.6. The van der Waals surface area contributed by atoms with E-state index in [1.807, 2.05) is 43.3 Å². The zero-order valence-corrected chi connectivity index (χ0v) is 21.3. The summed E-state index contributed by atoms with van der Waals surface area (Å²) in [6, 6.07) is 13.4. The highest BCUT2D eigenvalue weighted by molar-refractivity contribution is 5.94. The Kier molecular flexibility index (Phi) is 7.29. The number of piperazine rings is 1. The Morgan fingerprint density at radius 1 is 1.17 bits per heavy atom. The number of anilines is 1. The molecule has 1 atom stereocenters. The summed E-state index contributed by atoms with van der Waals surface area (Å²) in [6.45, 7) is 8.25. The third-order valence-electron chi connectivity index (χ3n) is 6.30. The number of guanidine groups is 1. The Hall–Kier alpha value is -4.26. The van der Waals surface area contributed by atoms with E-state index in [9.17, 15) is 10.1 Å². The number of amides is 1. The molecule has 1 aromatic carbocycles. The van der Waals surface area contributed by atoms with Gasteiger partial charge in [0.1, 0.15) is 0 Å². The van der Waals surface area contributed by atoms with Crippen LogP contribution in [0.4, 0.5) is 11.5 Å². The molecule has 36 heavy (non-hydrogen) atoms. The number of hydrogen-bond donors (Lipinski definition) is 1. The van der Waals surface area contributed by atoms with Crippen molar-refractivity contribution < 1.29 is 4.79 Å². The van der Waals surface area contributed by atoms with Crippen molar-refractivity contribution in [3.8, 4) is 6.19 Å². The van der Waals surface area contributed by atoms with Crippen LogP contribution in [0.3, 0.4) is 0 Å². The Morgan fingerprint density at radius 3 is 2.64 bits per heavy atom. The Morgan fingerprint density at radius 2 is 1.97 bits per heavy atom. The van der Waals surface area contributed by atoms with Crippen molar-refractivity contribution in [1.29, 1.82) is 5.26 Å². The van der Waals surface area contributed by atoms with E-state index in [-0.39, 0.29) is 17.9 Å². The normalized spacial score (nSPS) is 16.2. The van der Waals surface area contributed by atoms with E-state index in [1.165, 1.54) is 4.90 Å². The van der Waals surface area contributed by atoms with Gasteiger partial charge in [-0.3, -0.25) is 15.1 Å². The largest absolute Gasteiger partial charge is 0.351 e. The molecule has 4 rings (SSSR count). The molecule has 0 spiro atoms. The van der Waals surface area contributed by atoms with Gasteiger partial charge >= 0.3 is 0 Å². The second-order valence-corrected chi connectivity index (χ2v) is 9.40. The maximum atomic E-state index is 12.2. The molecule has 1 amide bonds. The van der Waals surface area contributed by atoms with Crippen LogP contribution >= 0.6 is 0 Å². The average Bonchev–Trinajstić information content (AvgIpc) is 2.87. The maximum Gasteiger partial charge on any atom is 0.273 e. The first-order chi connectivity index (χ1) is 17.3. The third-order valence-corrected chi connectivity index (χ3v) is 6.30. The number of carbonyl (C=O) groups is 1. The quantitative estimate of drug-likeness (QED) is 0.260. The van der Waals surface area contributed by atoms with Gasteiger partial charge in [-0.2, -0.15) is 5.26 Å². The van der Waals surface area contributed by atoms with Gasteiger partial charge in [-0.05, 0) is 49.2 Å². The minimum absolute atomic E-state index is 0.0681. The monoisotopic (exact) mass is 485 g/mol. The summed E-state index contributed by atoms with van der Waals surface area (Å²) >= 11 is 0. The van der Waals surface area contributed by atoms with E-state index in [2.05, 4.69) is 50.3 Å². The predicted molar refractivity (Wildman–Crippen MR) is 140 cm³/mol. The highest BCUT2D eigenvalue weighted by Gasteiger charge is 2.32. The molecule has 0 aliphatic carbocycles. The SMILES string of the molecule is Cc1ccc2c(N=C(NC#N)N3CCN(c4ccc(C(=O)N(C)C)nn4)CC3C(C)C)cccc2n1. The molecule has 0 radical (unpaired) electrons. The van der Waals surface area contributed by atoms with Crippen LogP contribution in [0.1, 0.15) is 30.0 Å². The van der Waals surface area contributed by atoms with Gasteiger partial charge in [0.05, 0.1) is 17.2 Å². The molecular weight excluding hydrogens is 454 g/mol. The fourth-order valence-electron chi connectivity index (χ4n) is 4.35. The van der Waals surface area contributed by atoms with Gasteiger partial charge in [0, 0.05) is 44.8 Å². The zero-order valence-electron chi connectivity index (χ0n) is 21.3. The van der Waals surface area contributed by atoms with E-state index in [0.29, 0.717) is 31.3 Å². The van der Waals surface area contributed by atoms with Gasteiger partial charge < -0.3 is 14.7 Å². The number of nitrogens with one attached hydrogen (secondary N) is 1. The van der Waals surface area contributed by atoms with Gasteiger partial charge in [0.25, 0.3) is 5.91 Å². The van der Waals surface area contributed by atoms with Crippen LogP contribution in [0.25, 0.3) is 10.9 Å². The van der Waals surface area contributed by atoms with Crippen molar-refractivity contribution in [3.05, 3.63) is 53.9 Å². The first-order valence-corrected chi connectivity index (χ1v) is 12.0. The smallest absolute Gasteiger partial charge is 0.273 e. The molecule has 3 heterocycles. The number of nitrogens with zero attached hydrogens (tertiary/aromatic N) is 8. The van der Waals surface area contributed by atoms with Crippen molar-refractivity contribution in [2.45, 2.75) is 26.8 Å². The van der Waals surface area contributed by atoms with Crippen molar-refractivity contribution in [3.63, 3.8) is 0 Å². The summed E-state index contributed by atoms with van der Waals surface area (Å²) in [5.41, 5.74) is 2.88. The van der Waals surface area contributed by atoms with Crippen molar-refractivity contribution in [2.75, 3.05) is 38.6 Å². The molecule has 3 aromatic rings. The lowest BCUT2D eigenvalue weighted by atomic mass is 9.99. The number of pyridine rings is 1. The molecule has 1 N–H and O–H groups in total. The van der Waals surface area contributed by atoms with Crippen LogP contribution < -0.4 is 10.2 Å². The molecular formula is C26H31N9O. The van der Waals surface area contributed by atoms with E-state index in [1.54, 1.807) is 20.2 Å². The number of aromatic nitrogens is 3. The molecule has 1 aliphatic rings. The van der Waals surface area contributed by atoms with Crippen molar-refractivity contribution in [1.82, 2.24) is 30.3 Å². The van der Waals surface area contributed by atoms with Crippen LogP contribution in [0.2, 0.25) is 0 Å². The topological polar surface area (TPSA) is 114 Å². The Balaban J connectivity index is 1.61. The molecule has 1 aliphatic heterocycles. The first kappa shape index (κ1) is 24.9. The van der Waals surface area contributed by atoms with E-state index >= 15 is 0 Å². The van der Waals surface area contributed by atoms with E-state index in [4.69, 9.17) is 4.99 Å². The molecule has 10 nitrogen and oxygen atoms in total. The molecule has 0 bridgehead atoms. The summed E-state index contributed by atoms with van der Waals surface area (Å²) in [6.07, 6.45) is 2.06. The predicted octanol–water partition coefficient (Wildman–Crippen LogP) is 2.94. The Labute approximate surface area is 211 Å². The molecule has 10 heteroatoms. The van der Waals surface area contributed by atoms with Crippen LogP contribution in [0.5, 0.6) is 0 Å². The van der Waals surface area contributed by atoms with Gasteiger partial charge in [-0.15, -0.1) is 10.2 Å². The van der Waals surface area contributed by atoms with Crippen LogP contribution in [-0.2, 0) is 0 Å². The summed E-state index contributed by atoms with van der Waals surface area (Å²) in [7, 11) is 3.38. The first-order valence-electron chi connectivity index (χ1n) is 12.0. The van der Waals surface area contributed by atoms with Crippen molar-refractivity contribution >= 4 is 34.3 Å². The molecule has 1 unspecified atom stereocenters. The number of aliphatic imine (C=N–C) groups is 1. The van der Waals surface area contributed by atoms with E-state index < -0.39 is 0 Å². The minimum Gasteiger partial charge on any atom is -0.351 e. The van der Waals surface area contributed by atoms with Gasteiger partial charge in [0.2, 0.25) is 5.96 Å². The number of benzene rings is 1. The lowest BCUT2D eigenvalue weighted by Crippen LogP contribution is -2.59. The minimum atomic E-state index is -0.179. The summed E-state index contributed by atoms with van der Waals surface area (Å²) < 4.78 is 0. The molecule has 0 saturated carbocycles. The van der Waals surface area contributed by atoms with Crippen LogP contribution in [-0.4, -0.2) is 76.6 Å². The number of fused-ring (bicyclic) bond motifs is 1. The lowest BCUT2D eigenvalue weighted by molar-refractivity contribution is 0.0821. The maximum absolute atomic E-state index is 12.2. The van der Waals surface area contributed by atoms with Crippen molar-refractivity contribution in [2.24, 2.45) is 10.9 Å². The summed E-state index contributed by atoms with van der Waals surface area (Å²) in [5, 5.41) is 21.7. The number of aryl methyl sites for hydroxylation is 1. The van der Waals surface area contributed by atoms with Gasteiger partial charge in [-0.1, -0.05) is 19.9 Å². The van der Waals surface area contributed by atoms with Gasteiger partial charge in [-0.25, -0.2) is 4.99 Å². The third kappa shape index (κ3) is 5.20. The van der Waals surface area contributed by atoms with E-state index in [0.717, 1.165) is 28.1 Å². The van der Waals surface area contributed by atoms with Gasteiger partial charge in [0.15, 0.2) is 17.7 Å². The van der Waals surface area contributed by atoms with Crippen LogP contribution in [0.15, 0.2) is 47.5 Å². The highest BCUT2D eigenvalue weighted by atomic mass is 16.2. The standard InChI is InChI=1S/C26H31N9O/c1-17(2)23-15-34(24-12-11-22(31-32-24)25(36)33(4)5)13-14-35(23)26(28-16-27)30-21-8-6-7-20-19(21)10-9-18(3)29-20/h6-12,17,23H,13-15H2,1-5H3,(H,28,30). The number of carbonyl (C=O) groups excluding carboxylic acids is 1. The molecule has 1 fully saturated rings. The Bertz CT molecular complexity index is 1310. The summed E-state index contributed by atoms with van der Waals surface area (Å²) in [4.78, 5) is 27.4. The molecule has 186 valence electrons. The van der Waals surface area contributed by atoms with Crippen LogP contribution in [0, 0.1) is 24.3 Å². The lowest BCUT2D eigenvalue weighted by Gasteiger charge is -2.44. The zero-order chi connectivity index (χ0) is 25.8.